The summed E-state index contributed by atoms with van der Waals surface area (Å²) in [4.78, 5) is 27.1. The number of Topliss-reactive ketones (excluding diaryl/α,β-unsaturated/α-hetero) is 1. The molecule has 0 aliphatic carbocycles. The van der Waals surface area contributed by atoms with Gasteiger partial charge in [-0.25, -0.2) is 4.39 Å². The van der Waals surface area contributed by atoms with Gasteiger partial charge in [-0.3, -0.25) is 9.59 Å². The van der Waals surface area contributed by atoms with Crippen LogP contribution in [0.25, 0.3) is 0 Å². The Morgan fingerprint density at radius 1 is 1.08 bits per heavy atom. The maximum Gasteiger partial charge on any atom is 0.223 e. The molecule has 1 atom stereocenters. The summed E-state index contributed by atoms with van der Waals surface area (Å²) in [6.45, 7) is 0.736. The number of benzene rings is 1. The molecular weight excluding hydrogens is 331 g/mol. The van der Waals surface area contributed by atoms with E-state index in [1.54, 1.807) is 0 Å². The van der Waals surface area contributed by atoms with Crippen LogP contribution < -0.4 is 0 Å². The predicted molar refractivity (Wildman–Crippen MR) is 98.3 cm³/mol. The molecule has 1 saturated heterocycles. The smallest absolute Gasteiger partial charge is 0.223 e. The Balaban J connectivity index is 1.67. The van der Waals surface area contributed by atoms with Crippen LogP contribution in [-0.2, 0) is 11.8 Å². The van der Waals surface area contributed by atoms with Gasteiger partial charge in [0, 0.05) is 43.9 Å². The summed E-state index contributed by atoms with van der Waals surface area (Å²) in [6, 6.07) is 9.64. The fraction of sp³-hybridized carbons (Fsp3) is 0.429. The van der Waals surface area contributed by atoms with Crippen molar-refractivity contribution in [2.75, 3.05) is 6.54 Å². The molecule has 5 heteroatoms. The number of halogens is 1. The van der Waals surface area contributed by atoms with Crippen LogP contribution in [0.2, 0.25) is 0 Å². The second-order valence-electron chi connectivity index (χ2n) is 6.93. The SMILES string of the molecule is Cn1cccc1C1CCCCCN1C(=O)CCC(=O)c1ccc(F)cc1. The molecular formula is C21H25FN2O2. The molecule has 3 rings (SSSR count). The zero-order chi connectivity index (χ0) is 18.5. The monoisotopic (exact) mass is 356 g/mol. The first kappa shape index (κ1) is 18.4. The minimum atomic E-state index is -0.368. The number of amides is 1. The second kappa shape index (κ2) is 8.30. The molecule has 0 spiro atoms. The standard InChI is InChI=1S/C21H25FN2O2/c1-23-14-5-7-18(23)19-6-3-2-4-15-24(19)21(26)13-12-20(25)16-8-10-17(22)11-9-16/h5,7-11,14,19H,2-4,6,12-13,15H2,1H3. The van der Waals surface area contributed by atoms with Gasteiger partial charge < -0.3 is 9.47 Å². The molecule has 138 valence electrons. The molecule has 2 heterocycles. The van der Waals surface area contributed by atoms with Gasteiger partial charge in [-0.05, 0) is 49.2 Å². The van der Waals surface area contributed by atoms with E-state index in [4.69, 9.17) is 0 Å². The topological polar surface area (TPSA) is 42.3 Å². The first-order valence-electron chi connectivity index (χ1n) is 9.26. The third-order valence-electron chi connectivity index (χ3n) is 5.13. The molecule has 0 radical (unpaired) electrons. The molecule has 4 nitrogen and oxygen atoms in total. The fourth-order valence-electron chi connectivity index (χ4n) is 3.68. The van der Waals surface area contributed by atoms with Crippen LogP contribution in [0.5, 0.6) is 0 Å². The Labute approximate surface area is 153 Å². The normalized spacial score (nSPS) is 17.8. The highest BCUT2D eigenvalue weighted by Gasteiger charge is 2.28. The number of aromatic nitrogens is 1. The molecule has 0 bridgehead atoms. The largest absolute Gasteiger partial charge is 0.353 e. The first-order chi connectivity index (χ1) is 12.6. The molecule has 2 aromatic rings. The average Bonchev–Trinajstić information content (AvgIpc) is 2.92. The summed E-state index contributed by atoms with van der Waals surface area (Å²) in [5, 5.41) is 0. The molecule has 26 heavy (non-hydrogen) atoms. The number of ketones is 1. The van der Waals surface area contributed by atoms with Gasteiger partial charge in [-0.15, -0.1) is 0 Å². The molecule has 1 fully saturated rings. The van der Waals surface area contributed by atoms with Crippen LogP contribution in [0, 0.1) is 5.82 Å². The third kappa shape index (κ3) is 4.21. The quantitative estimate of drug-likeness (QED) is 0.751. The molecule has 1 aliphatic rings. The summed E-state index contributed by atoms with van der Waals surface area (Å²) in [6.07, 6.45) is 6.53. The lowest BCUT2D eigenvalue weighted by Gasteiger charge is -2.30. The van der Waals surface area contributed by atoms with Gasteiger partial charge >= 0.3 is 0 Å². The highest BCUT2D eigenvalue weighted by atomic mass is 19.1. The van der Waals surface area contributed by atoms with Crippen molar-refractivity contribution in [3.05, 3.63) is 59.7 Å². The lowest BCUT2D eigenvalue weighted by Crippen LogP contribution is -2.35. The summed E-state index contributed by atoms with van der Waals surface area (Å²) < 4.78 is 15.1. The minimum Gasteiger partial charge on any atom is -0.353 e. The van der Waals surface area contributed by atoms with Crippen molar-refractivity contribution in [3.63, 3.8) is 0 Å². The van der Waals surface area contributed by atoms with Gasteiger partial charge in [-0.2, -0.15) is 0 Å². The third-order valence-corrected chi connectivity index (χ3v) is 5.13. The fourth-order valence-corrected chi connectivity index (χ4v) is 3.68. The molecule has 1 amide bonds. The highest BCUT2D eigenvalue weighted by Crippen LogP contribution is 2.31. The van der Waals surface area contributed by atoms with E-state index >= 15 is 0 Å². The molecule has 0 N–H and O–H groups in total. The maximum absolute atomic E-state index is 13.0. The number of carbonyl (C=O) groups is 2. The number of nitrogens with zero attached hydrogens (tertiary/aromatic N) is 2. The van der Waals surface area contributed by atoms with Crippen molar-refractivity contribution >= 4 is 11.7 Å². The van der Waals surface area contributed by atoms with Crippen molar-refractivity contribution in [1.82, 2.24) is 9.47 Å². The minimum absolute atomic E-state index is 0.0218. The van der Waals surface area contributed by atoms with Crippen molar-refractivity contribution < 1.29 is 14.0 Å². The number of hydrogen-bond donors (Lipinski definition) is 0. The van der Waals surface area contributed by atoms with Crippen molar-refractivity contribution in [2.24, 2.45) is 7.05 Å². The molecule has 1 aliphatic heterocycles. The first-order valence-corrected chi connectivity index (χ1v) is 9.26. The van der Waals surface area contributed by atoms with Crippen LogP contribution in [0.1, 0.15) is 60.6 Å². The lowest BCUT2D eigenvalue weighted by atomic mass is 10.0. The summed E-state index contributed by atoms with van der Waals surface area (Å²) >= 11 is 0. The Hall–Kier alpha value is -2.43. The van der Waals surface area contributed by atoms with Crippen molar-refractivity contribution in [3.8, 4) is 0 Å². The van der Waals surface area contributed by atoms with E-state index in [2.05, 4.69) is 10.6 Å². The molecule has 0 saturated carbocycles. The van der Waals surface area contributed by atoms with Crippen molar-refractivity contribution in [2.45, 2.75) is 44.6 Å². The second-order valence-corrected chi connectivity index (χ2v) is 6.93. The van der Waals surface area contributed by atoms with Gasteiger partial charge in [-0.1, -0.05) is 12.8 Å². The van der Waals surface area contributed by atoms with E-state index in [0.717, 1.165) is 37.9 Å². The molecule has 1 aromatic carbocycles. The van der Waals surface area contributed by atoms with E-state index in [1.807, 2.05) is 24.2 Å². The van der Waals surface area contributed by atoms with E-state index in [-0.39, 0.29) is 36.4 Å². The number of likely N-dealkylation sites (tertiary alicyclic amines) is 1. The Morgan fingerprint density at radius 3 is 2.54 bits per heavy atom. The summed E-state index contributed by atoms with van der Waals surface area (Å²) in [7, 11) is 2.00. The zero-order valence-corrected chi connectivity index (χ0v) is 15.2. The van der Waals surface area contributed by atoms with Gasteiger partial charge in [0.25, 0.3) is 0 Å². The highest BCUT2D eigenvalue weighted by molar-refractivity contribution is 5.97. The summed E-state index contributed by atoms with van der Waals surface area (Å²) in [5.74, 6) is -0.468. The van der Waals surface area contributed by atoms with E-state index < -0.39 is 0 Å². The average molecular weight is 356 g/mol. The van der Waals surface area contributed by atoms with Gasteiger partial charge in [0.2, 0.25) is 5.91 Å². The van der Waals surface area contributed by atoms with Gasteiger partial charge in [0.1, 0.15) is 5.82 Å². The van der Waals surface area contributed by atoms with Crippen molar-refractivity contribution in [1.29, 1.82) is 0 Å². The Kier molecular flexibility index (Phi) is 5.86. The number of hydrogen-bond acceptors (Lipinski definition) is 2. The van der Waals surface area contributed by atoms with Crippen LogP contribution >= 0.6 is 0 Å². The lowest BCUT2D eigenvalue weighted by molar-refractivity contribution is -0.133. The van der Waals surface area contributed by atoms with Crippen LogP contribution in [0.4, 0.5) is 4.39 Å². The van der Waals surface area contributed by atoms with Crippen LogP contribution in [0.3, 0.4) is 0 Å². The molecule has 1 aromatic heterocycles. The van der Waals surface area contributed by atoms with E-state index in [9.17, 15) is 14.0 Å². The Morgan fingerprint density at radius 2 is 1.85 bits per heavy atom. The number of rotatable bonds is 5. The van der Waals surface area contributed by atoms with Gasteiger partial charge in [0.15, 0.2) is 5.78 Å². The number of aryl methyl sites for hydroxylation is 1. The van der Waals surface area contributed by atoms with E-state index in [1.165, 1.54) is 24.3 Å². The van der Waals surface area contributed by atoms with Crippen LogP contribution in [-0.4, -0.2) is 27.7 Å². The molecule has 1 unspecified atom stereocenters. The maximum atomic E-state index is 13.0. The zero-order valence-electron chi connectivity index (χ0n) is 15.2. The Bertz CT molecular complexity index is 767. The van der Waals surface area contributed by atoms with E-state index in [0.29, 0.717) is 5.56 Å². The van der Waals surface area contributed by atoms with Gasteiger partial charge in [0.05, 0.1) is 6.04 Å². The summed E-state index contributed by atoms with van der Waals surface area (Å²) in [5.41, 5.74) is 1.60. The number of carbonyl (C=O) groups excluding carboxylic acids is 2. The van der Waals surface area contributed by atoms with Crippen LogP contribution in [0.15, 0.2) is 42.6 Å². The predicted octanol–water partition coefficient (Wildman–Crippen LogP) is 4.27.